The number of rotatable bonds is 8. The Bertz CT molecular complexity index is 1130. The van der Waals surface area contributed by atoms with Gasteiger partial charge in [0.05, 0.1) is 23.6 Å². The van der Waals surface area contributed by atoms with Crippen LogP contribution in [0.15, 0.2) is 60.9 Å². The summed E-state index contributed by atoms with van der Waals surface area (Å²) < 4.78 is 17.5. The zero-order valence-electron chi connectivity index (χ0n) is 19.6. The summed E-state index contributed by atoms with van der Waals surface area (Å²) in [4.78, 5) is 22.9. The molecule has 178 valence electrons. The average Bonchev–Trinajstić information content (AvgIpc) is 3.35. The molecule has 0 saturated heterocycles. The van der Waals surface area contributed by atoms with Gasteiger partial charge in [-0.3, -0.25) is 4.79 Å². The van der Waals surface area contributed by atoms with Crippen LogP contribution in [0.4, 0.5) is 0 Å². The highest BCUT2D eigenvalue weighted by Crippen LogP contribution is 2.31. The number of hydrogen-bond donors (Lipinski definition) is 0. The molecule has 0 aliphatic heterocycles. The van der Waals surface area contributed by atoms with E-state index in [1.54, 1.807) is 10.9 Å². The molecule has 1 fully saturated rings. The average molecular weight is 463 g/mol. The van der Waals surface area contributed by atoms with Crippen LogP contribution in [0.5, 0.6) is 5.75 Å². The Morgan fingerprint density at radius 2 is 1.76 bits per heavy atom. The van der Waals surface area contributed by atoms with Gasteiger partial charge in [0.15, 0.2) is 0 Å². The molecular formula is C27H30N2O5. The van der Waals surface area contributed by atoms with Gasteiger partial charge in [0.25, 0.3) is 0 Å². The topological polar surface area (TPSA) is 79.7 Å². The Labute approximate surface area is 199 Å². The van der Waals surface area contributed by atoms with Gasteiger partial charge in [-0.2, -0.15) is 5.10 Å². The van der Waals surface area contributed by atoms with Crippen molar-refractivity contribution in [3.63, 3.8) is 0 Å². The predicted molar refractivity (Wildman–Crippen MR) is 128 cm³/mol. The molecule has 34 heavy (non-hydrogen) atoms. The van der Waals surface area contributed by atoms with E-state index < -0.39 is 18.7 Å². The lowest BCUT2D eigenvalue weighted by atomic mass is 9.86. The minimum absolute atomic E-state index is 0.199. The molecule has 1 aromatic heterocycles. The maximum atomic E-state index is 12.1. The van der Waals surface area contributed by atoms with E-state index >= 15 is 0 Å². The summed E-state index contributed by atoms with van der Waals surface area (Å²) >= 11 is 0. The fourth-order valence-electron chi connectivity index (χ4n) is 4.31. The highest BCUT2D eigenvalue weighted by atomic mass is 16.7. The van der Waals surface area contributed by atoms with E-state index in [9.17, 15) is 9.59 Å². The lowest BCUT2D eigenvalue weighted by Gasteiger charge is -2.28. The molecule has 0 bridgehead atoms. The highest BCUT2D eigenvalue weighted by molar-refractivity contribution is 5.89. The maximum Gasteiger partial charge on any atom is 0.344 e. The number of esters is 2. The standard InChI is InChI=1S/C27H30N2O5/c1-19(21-8-4-3-5-9-21)34-26-13-7-11-23(15-26)22-10-6-12-25(14-22)29-17-24(16-28-29)27(31)33-18-32-20(2)30/h6-7,10-17,19,21H,3-5,8-9,18H2,1-2H3/t19-/m0/s1. The van der Waals surface area contributed by atoms with E-state index in [2.05, 4.69) is 28.9 Å². The third-order valence-electron chi connectivity index (χ3n) is 6.18. The molecule has 7 heteroatoms. The summed E-state index contributed by atoms with van der Waals surface area (Å²) in [6.45, 7) is 3.00. The van der Waals surface area contributed by atoms with Crippen LogP contribution in [0.1, 0.15) is 56.3 Å². The number of ether oxygens (including phenoxy) is 3. The van der Waals surface area contributed by atoms with Crippen LogP contribution in [-0.4, -0.2) is 34.6 Å². The van der Waals surface area contributed by atoms with Crippen molar-refractivity contribution >= 4 is 11.9 Å². The van der Waals surface area contributed by atoms with Gasteiger partial charge in [-0.1, -0.05) is 43.5 Å². The van der Waals surface area contributed by atoms with E-state index in [0.29, 0.717) is 5.92 Å². The van der Waals surface area contributed by atoms with Crippen molar-refractivity contribution in [3.8, 4) is 22.6 Å². The van der Waals surface area contributed by atoms with Crippen LogP contribution in [0.2, 0.25) is 0 Å². The summed E-state index contributed by atoms with van der Waals surface area (Å²) in [5.41, 5.74) is 3.13. The van der Waals surface area contributed by atoms with Crippen molar-refractivity contribution in [2.24, 2.45) is 5.92 Å². The van der Waals surface area contributed by atoms with Gasteiger partial charge < -0.3 is 14.2 Å². The number of nitrogens with zero attached hydrogens (tertiary/aromatic N) is 2. The van der Waals surface area contributed by atoms with E-state index in [1.165, 1.54) is 45.2 Å². The molecule has 3 aromatic rings. The number of hydrogen-bond acceptors (Lipinski definition) is 6. The monoisotopic (exact) mass is 462 g/mol. The molecule has 1 aliphatic carbocycles. The molecule has 1 saturated carbocycles. The van der Waals surface area contributed by atoms with Crippen molar-refractivity contribution in [1.29, 1.82) is 0 Å². The van der Waals surface area contributed by atoms with Crippen LogP contribution in [0.25, 0.3) is 16.8 Å². The van der Waals surface area contributed by atoms with Crippen LogP contribution in [0, 0.1) is 5.92 Å². The normalized spacial score (nSPS) is 14.9. The molecule has 0 unspecified atom stereocenters. The first-order valence-electron chi connectivity index (χ1n) is 11.7. The molecule has 1 atom stereocenters. The molecule has 0 radical (unpaired) electrons. The van der Waals surface area contributed by atoms with E-state index in [-0.39, 0.29) is 11.7 Å². The Kier molecular flexibility index (Phi) is 7.62. The summed E-state index contributed by atoms with van der Waals surface area (Å²) in [6, 6.07) is 16.0. The Hall–Kier alpha value is -3.61. The molecule has 2 aromatic carbocycles. The van der Waals surface area contributed by atoms with Gasteiger partial charge in [0.1, 0.15) is 5.75 Å². The van der Waals surface area contributed by atoms with Gasteiger partial charge in [-0.25, -0.2) is 9.48 Å². The molecule has 1 heterocycles. The van der Waals surface area contributed by atoms with E-state index in [4.69, 9.17) is 9.47 Å². The van der Waals surface area contributed by atoms with Crippen LogP contribution < -0.4 is 4.74 Å². The third-order valence-corrected chi connectivity index (χ3v) is 6.18. The zero-order chi connectivity index (χ0) is 23.9. The van der Waals surface area contributed by atoms with Crippen molar-refractivity contribution in [3.05, 3.63) is 66.5 Å². The second-order valence-corrected chi connectivity index (χ2v) is 8.66. The largest absolute Gasteiger partial charge is 0.490 e. The number of benzene rings is 2. The quantitative estimate of drug-likeness (QED) is 0.322. The van der Waals surface area contributed by atoms with E-state index in [1.807, 2.05) is 36.4 Å². The van der Waals surface area contributed by atoms with Crippen LogP contribution in [0.3, 0.4) is 0 Å². The van der Waals surface area contributed by atoms with Gasteiger partial charge in [-0.05, 0) is 61.1 Å². The molecule has 4 rings (SSSR count). The minimum Gasteiger partial charge on any atom is -0.490 e. The minimum atomic E-state index is -0.611. The van der Waals surface area contributed by atoms with Crippen LogP contribution in [-0.2, 0) is 14.3 Å². The van der Waals surface area contributed by atoms with Gasteiger partial charge in [-0.15, -0.1) is 0 Å². The first-order valence-corrected chi connectivity index (χ1v) is 11.7. The van der Waals surface area contributed by atoms with Gasteiger partial charge in [0, 0.05) is 13.1 Å². The Balaban J connectivity index is 1.45. The van der Waals surface area contributed by atoms with Crippen molar-refractivity contribution in [2.75, 3.05) is 6.79 Å². The van der Waals surface area contributed by atoms with Crippen molar-refractivity contribution < 1.29 is 23.8 Å². The number of carbonyl (C=O) groups excluding carboxylic acids is 2. The van der Waals surface area contributed by atoms with Gasteiger partial charge in [0.2, 0.25) is 6.79 Å². The molecule has 1 aliphatic rings. The third kappa shape index (κ3) is 6.04. The summed E-state index contributed by atoms with van der Waals surface area (Å²) in [5.74, 6) is 0.368. The summed E-state index contributed by atoms with van der Waals surface area (Å²) in [5, 5.41) is 4.28. The van der Waals surface area contributed by atoms with Gasteiger partial charge >= 0.3 is 11.9 Å². The fourth-order valence-corrected chi connectivity index (χ4v) is 4.31. The van der Waals surface area contributed by atoms with E-state index in [0.717, 1.165) is 22.6 Å². The van der Waals surface area contributed by atoms with Crippen molar-refractivity contribution in [2.45, 2.75) is 52.1 Å². The maximum absolute atomic E-state index is 12.1. The molecular weight excluding hydrogens is 432 g/mol. The Morgan fingerprint density at radius 3 is 2.53 bits per heavy atom. The number of carbonyl (C=O) groups is 2. The lowest BCUT2D eigenvalue weighted by Crippen LogP contribution is -2.25. The lowest BCUT2D eigenvalue weighted by molar-refractivity contribution is -0.149. The number of aromatic nitrogens is 2. The Morgan fingerprint density at radius 1 is 1.03 bits per heavy atom. The zero-order valence-corrected chi connectivity index (χ0v) is 19.6. The first kappa shape index (κ1) is 23.5. The molecule has 0 amide bonds. The van der Waals surface area contributed by atoms with Crippen LogP contribution >= 0.6 is 0 Å². The second kappa shape index (κ2) is 11.0. The molecule has 0 spiro atoms. The first-order chi connectivity index (χ1) is 16.5. The summed E-state index contributed by atoms with van der Waals surface area (Å²) in [6.07, 6.45) is 9.62. The van der Waals surface area contributed by atoms with Crippen molar-refractivity contribution in [1.82, 2.24) is 9.78 Å². The smallest absolute Gasteiger partial charge is 0.344 e. The molecule has 7 nitrogen and oxygen atoms in total. The molecule has 0 N–H and O–H groups in total. The SMILES string of the molecule is CC(=O)OCOC(=O)c1cnn(-c2cccc(-c3cccc(O[C@@H](C)C4CCCCC4)c3)c2)c1. The summed E-state index contributed by atoms with van der Waals surface area (Å²) in [7, 11) is 0. The highest BCUT2D eigenvalue weighted by Gasteiger charge is 2.21. The predicted octanol–water partition coefficient (Wildman–Crippen LogP) is 5.56. The fraction of sp³-hybridized carbons (Fsp3) is 0.370. The second-order valence-electron chi connectivity index (χ2n) is 8.66.